The van der Waals surface area contributed by atoms with E-state index in [0.717, 1.165) is 18.8 Å². The van der Waals surface area contributed by atoms with Gasteiger partial charge in [-0.15, -0.1) is 0 Å². The number of hydrogen-bond acceptors (Lipinski definition) is 1. The Hall–Kier alpha value is -0.0400. The second-order valence-corrected chi connectivity index (χ2v) is 6.01. The fourth-order valence-electron chi connectivity index (χ4n) is 2.49. The molecule has 0 saturated carbocycles. The zero-order chi connectivity index (χ0) is 13.6. The monoisotopic (exact) mass is 256 g/mol. The van der Waals surface area contributed by atoms with Gasteiger partial charge in [0, 0.05) is 0 Å². The van der Waals surface area contributed by atoms with Crippen LogP contribution in [0.15, 0.2) is 0 Å². The quantitative estimate of drug-likeness (QED) is 0.419. The molecular formula is C17H36O. The first-order valence-corrected chi connectivity index (χ1v) is 8.38. The maximum atomic E-state index is 9.47. The number of unbranched alkanes of at least 4 members (excludes halogenated alkanes) is 6. The summed E-state index contributed by atoms with van der Waals surface area (Å²) in [7, 11) is 0. The van der Waals surface area contributed by atoms with Gasteiger partial charge in [-0.25, -0.2) is 0 Å². The fourth-order valence-corrected chi connectivity index (χ4v) is 2.49. The number of aliphatic hydroxyl groups excluding tert-OH is 1. The smallest absolute Gasteiger partial charge is 0.0537 e. The number of aliphatic hydroxyl groups is 1. The van der Waals surface area contributed by atoms with Crippen molar-refractivity contribution in [2.45, 2.75) is 104 Å². The molecule has 0 aromatic heterocycles. The molecule has 0 heterocycles. The second kappa shape index (κ2) is 13.4. The summed E-state index contributed by atoms with van der Waals surface area (Å²) in [5.74, 6) is 0.884. The van der Waals surface area contributed by atoms with Crippen LogP contribution in [0.25, 0.3) is 0 Å². The van der Waals surface area contributed by atoms with Crippen LogP contribution in [0.1, 0.15) is 97.8 Å². The third-order valence-electron chi connectivity index (χ3n) is 4.01. The first kappa shape index (κ1) is 18.0. The van der Waals surface area contributed by atoms with Crippen LogP contribution < -0.4 is 0 Å². The van der Waals surface area contributed by atoms with Crippen LogP contribution >= 0.6 is 0 Å². The zero-order valence-corrected chi connectivity index (χ0v) is 13.1. The molecule has 18 heavy (non-hydrogen) atoms. The van der Waals surface area contributed by atoms with Gasteiger partial charge in [0.1, 0.15) is 0 Å². The summed E-state index contributed by atoms with van der Waals surface area (Å²) in [5, 5.41) is 9.47. The molecule has 110 valence electrons. The Morgan fingerprint density at radius 3 is 1.83 bits per heavy atom. The van der Waals surface area contributed by atoms with Crippen molar-refractivity contribution < 1.29 is 5.11 Å². The van der Waals surface area contributed by atoms with Crippen LogP contribution in [0.4, 0.5) is 0 Å². The van der Waals surface area contributed by atoms with Crippen LogP contribution in [-0.4, -0.2) is 11.2 Å². The van der Waals surface area contributed by atoms with Crippen molar-refractivity contribution in [2.24, 2.45) is 5.92 Å². The summed E-state index contributed by atoms with van der Waals surface area (Å²) in [6.07, 6.45) is 15.6. The molecule has 1 N–H and O–H groups in total. The number of hydrogen-bond donors (Lipinski definition) is 1. The Kier molecular flexibility index (Phi) is 13.4. The first-order valence-electron chi connectivity index (χ1n) is 8.38. The van der Waals surface area contributed by atoms with Crippen molar-refractivity contribution in [1.29, 1.82) is 0 Å². The van der Waals surface area contributed by atoms with Crippen LogP contribution in [0.3, 0.4) is 0 Å². The van der Waals surface area contributed by atoms with E-state index in [1.807, 2.05) is 0 Å². The predicted molar refractivity (Wildman–Crippen MR) is 81.9 cm³/mol. The van der Waals surface area contributed by atoms with E-state index in [1.54, 1.807) is 0 Å². The molecule has 0 aliphatic carbocycles. The molecule has 0 aromatic carbocycles. The average molecular weight is 256 g/mol. The van der Waals surface area contributed by atoms with Crippen LogP contribution in [-0.2, 0) is 0 Å². The molecule has 1 nitrogen and oxygen atoms in total. The van der Waals surface area contributed by atoms with Gasteiger partial charge in [0.05, 0.1) is 6.10 Å². The third kappa shape index (κ3) is 12.4. The molecule has 0 aliphatic heterocycles. The minimum atomic E-state index is -0.0566. The molecule has 0 fully saturated rings. The molecule has 0 aromatic rings. The molecular weight excluding hydrogens is 220 g/mol. The second-order valence-electron chi connectivity index (χ2n) is 6.01. The molecule has 2 unspecified atom stereocenters. The van der Waals surface area contributed by atoms with Gasteiger partial charge in [-0.1, -0.05) is 85.0 Å². The van der Waals surface area contributed by atoms with E-state index in [9.17, 15) is 5.11 Å². The minimum Gasteiger partial charge on any atom is -0.393 e. The van der Waals surface area contributed by atoms with Gasteiger partial charge >= 0.3 is 0 Å². The van der Waals surface area contributed by atoms with E-state index >= 15 is 0 Å². The lowest BCUT2D eigenvalue weighted by molar-refractivity contribution is 0.156. The van der Waals surface area contributed by atoms with Gasteiger partial charge in [-0.2, -0.15) is 0 Å². The normalized spacial score (nSPS) is 14.7. The molecule has 0 saturated heterocycles. The van der Waals surface area contributed by atoms with Gasteiger partial charge in [-0.3, -0.25) is 0 Å². The van der Waals surface area contributed by atoms with Crippen molar-refractivity contribution >= 4 is 0 Å². The molecule has 0 spiro atoms. The third-order valence-corrected chi connectivity index (χ3v) is 4.01. The van der Waals surface area contributed by atoms with Gasteiger partial charge in [0.25, 0.3) is 0 Å². The van der Waals surface area contributed by atoms with Gasteiger partial charge in [-0.05, 0) is 18.8 Å². The maximum absolute atomic E-state index is 9.47. The highest BCUT2D eigenvalue weighted by atomic mass is 16.3. The summed E-state index contributed by atoms with van der Waals surface area (Å²) in [5.41, 5.74) is 0. The Labute approximate surface area is 115 Å². The molecule has 0 radical (unpaired) electrons. The molecule has 2 atom stereocenters. The van der Waals surface area contributed by atoms with Crippen molar-refractivity contribution in [3.8, 4) is 0 Å². The molecule has 1 heteroatoms. The van der Waals surface area contributed by atoms with Crippen molar-refractivity contribution in [3.63, 3.8) is 0 Å². The predicted octanol–water partition coefficient (Wildman–Crippen LogP) is 5.70. The van der Waals surface area contributed by atoms with E-state index in [4.69, 9.17) is 0 Å². The standard InChI is InChI=1S/C17H36O/c1-4-6-7-8-9-10-13-16(3)14-11-12-15-17(18)5-2/h16-18H,4-15H2,1-3H3. The highest BCUT2D eigenvalue weighted by Gasteiger charge is 2.04. The van der Waals surface area contributed by atoms with E-state index in [2.05, 4.69) is 20.8 Å². The summed E-state index contributed by atoms with van der Waals surface area (Å²) in [4.78, 5) is 0. The molecule has 0 rings (SSSR count). The van der Waals surface area contributed by atoms with Crippen LogP contribution in [0.2, 0.25) is 0 Å². The Balaban J connectivity index is 3.19. The summed E-state index contributed by atoms with van der Waals surface area (Å²) in [6.45, 7) is 6.73. The summed E-state index contributed by atoms with van der Waals surface area (Å²) < 4.78 is 0. The van der Waals surface area contributed by atoms with Gasteiger partial charge in [0.15, 0.2) is 0 Å². The van der Waals surface area contributed by atoms with Crippen LogP contribution in [0, 0.1) is 5.92 Å². The zero-order valence-electron chi connectivity index (χ0n) is 13.1. The highest BCUT2D eigenvalue weighted by molar-refractivity contribution is 4.57. The van der Waals surface area contributed by atoms with Crippen molar-refractivity contribution in [1.82, 2.24) is 0 Å². The minimum absolute atomic E-state index is 0.0566. The van der Waals surface area contributed by atoms with E-state index in [0.29, 0.717) is 0 Å². The topological polar surface area (TPSA) is 20.2 Å². The average Bonchev–Trinajstić information content (AvgIpc) is 2.38. The van der Waals surface area contributed by atoms with E-state index in [1.165, 1.54) is 64.2 Å². The Morgan fingerprint density at radius 1 is 0.722 bits per heavy atom. The highest BCUT2D eigenvalue weighted by Crippen LogP contribution is 2.18. The lowest BCUT2D eigenvalue weighted by atomic mass is 9.96. The van der Waals surface area contributed by atoms with Crippen molar-refractivity contribution in [3.05, 3.63) is 0 Å². The van der Waals surface area contributed by atoms with Crippen LogP contribution in [0.5, 0.6) is 0 Å². The molecule has 0 aliphatic rings. The summed E-state index contributed by atoms with van der Waals surface area (Å²) in [6, 6.07) is 0. The number of rotatable bonds is 13. The SMILES string of the molecule is CCCCCCCCC(C)CCCCC(O)CC. The lowest BCUT2D eigenvalue weighted by Gasteiger charge is -2.12. The van der Waals surface area contributed by atoms with E-state index < -0.39 is 0 Å². The van der Waals surface area contributed by atoms with Gasteiger partial charge < -0.3 is 5.11 Å². The molecule has 0 amide bonds. The first-order chi connectivity index (χ1) is 8.70. The largest absolute Gasteiger partial charge is 0.393 e. The maximum Gasteiger partial charge on any atom is 0.0537 e. The Morgan fingerprint density at radius 2 is 1.22 bits per heavy atom. The Bertz CT molecular complexity index is 156. The fraction of sp³-hybridized carbons (Fsp3) is 1.00. The lowest BCUT2D eigenvalue weighted by Crippen LogP contribution is -2.04. The van der Waals surface area contributed by atoms with Crippen molar-refractivity contribution in [2.75, 3.05) is 0 Å². The molecule has 0 bridgehead atoms. The summed E-state index contributed by atoms with van der Waals surface area (Å²) >= 11 is 0. The van der Waals surface area contributed by atoms with E-state index in [-0.39, 0.29) is 6.10 Å². The van der Waals surface area contributed by atoms with Gasteiger partial charge in [0.2, 0.25) is 0 Å².